The maximum absolute atomic E-state index is 13.2. The Bertz CT molecular complexity index is 926. The zero-order valence-electron chi connectivity index (χ0n) is 14.1. The summed E-state index contributed by atoms with van der Waals surface area (Å²) in [5, 5.41) is 14.3. The number of hydrogen-bond acceptors (Lipinski definition) is 6. The molecule has 0 spiro atoms. The predicted molar refractivity (Wildman–Crippen MR) is 104 cm³/mol. The van der Waals surface area contributed by atoms with Gasteiger partial charge in [-0.05, 0) is 30.1 Å². The molecular weight excluding hydrogens is 413 g/mol. The molecule has 27 heavy (non-hydrogen) atoms. The molecule has 1 amide bonds. The fraction of sp³-hybridized carbons (Fsp3) is 0.312. The quantitative estimate of drug-likeness (QED) is 0.514. The fourth-order valence-electron chi connectivity index (χ4n) is 3.03. The van der Waals surface area contributed by atoms with Crippen molar-refractivity contribution >= 4 is 52.6 Å². The van der Waals surface area contributed by atoms with Gasteiger partial charge in [-0.15, -0.1) is 11.3 Å². The van der Waals surface area contributed by atoms with Crippen LogP contribution >= 0.6 is 34.9 Å². The van der Waals surface area contributed by atoms with Gasteiger partial charge in [-0.1, -0.05) is 17.7 Å². The van der Waals surface area contributed by atoms with Gasteiger partial charge in [0.2, 0.25) is 11.9 Å². The molecule has 2 unspecified atom stereocenters. The first-order valence-corrected chi connectivity index (χ1v) is 10.0. The van der Waals surface area contributed by atoms with E-state index in [4.69, 9.17) is 21.7 Å². The van der Waals surface area contributed by atoms with Crippen LogP contribution in [0.4, 0.5) is 10.2 Å². The molecule has 4 heterocycles. The van der Waals surface area contributed by atoms with Crippen molar-refractivity contribution in [2.75, 3.05) is 19.0 Å². The number of anilines is 1. The van der Waals surface area contributed by atoms with Gasteiger partial charge in [0.1, 0.15) is 11.4 Å². The van der Waals surface area contributed by atoms with Crippen LogP contribution in [0.3, 0.4) is 0 Å². The third-order valence-corrected chi connectivity index (χ3v) is 7.30. The number of hydrogen-bond donors (Lipinski definition) is 3. The standard InChI is InChI=1S/C16H15ClFN5O2S2/c1-23-15(19)22-16(5-6-25-14(16)27-23)12-8(17)7-9(26-12)13(24)21-11-4-2-3-10(18)20-11/h2-4,7,14H,5-6H2,1H3,(H2,19,22)(H,20,21,24). The smallest absolute Gasteiger partial charge is 0.266 e. The maximum atomic E-state index is 13.2. The van der Waals surface area contributed by atoms with Crippen molar-refractivity contribution in [3.05, 3.63) is 45.0 Å². The normalized spacial score (nSPS) is 24.5. The minimum absolute atomic E-state index is 0.126. The topological polar surface area (TPSA) is 90.3 Å². The lowest BCUT2D eigenvalue weighted by Gasteiger charge is -2.42. The molecule has 2 aliphatic rings. The molecule has 2 fully saturated rings. The molecule has 0 aliphatic carbocycles. The third-order valence-electron chi connectivity index (χ3n) is 4.35. The molecule has 0 aromatic carbocycles. The molecule has 11 heteroatoms. The largest absolute Gasteiger partial charge is 0.363 e. The van der Waals surface area contributed by atoms with Crippen molar-refractivity contribution < 1.29 is 13.9 Å². The minimum Gasteiger partial charge on any atom is -0.363 e. The molecule has 2 atom stereocenters. The van der Waals surface area contributed by atoms with Crippen LogP contribution < -0.4 is 10.6 Å². The van der Waals surface area contributed by atoms with E-state index in [-0.39, 0.29) is 17.2 Å². The van der Waals surface area contributed by atoms with Gasteiger partial charge in [-0.25, -0.2) is 4.98 Å². The van der Waals surface area contributed by atoms with Crippen molar-refractivity contribution in [2.45, 2.75) is 17.4 Å². The third kappa shape index (κ3) is 3.27. The number of pyridine rings is 1. The highest BCUT2D eigenvalue weighted by Gasteiger charge is 2.53. The van der Waals surface area contributed by atoms with Gasteiger partial charge < -0.3 is 15.4 Å². The second-order valence-corrected chi connectivity index (χ2v) is 8.73. The maximum Gasteiger partial charge on any atom is 0.266 e. The van der Waals surface area contributed by atoms with Crippen LogP contribution in [0.25, 0.3) is 0 Å². The molecule has 2 aromatic rings. The van der Waals surface area contributed by atoms with Crippen molar-refractivity contribution in [2.24, 2.45) is 0 Å². The Balaban J connectivity index is 1.63. The van der Waals surface area contributed by atoms with Gasteiger partial charge in [0, 0.05) is 13.5 Å². The van der Waals surface area contributed by atoms with Crippen LogP contribution in [-0.4, -0.2) is 40.2 Å². The summed E-state index contributed by atoms with van der Waals surface area (Å²) in [5.41, 5.74) is -0.917. The number of amides is 1. The number of nitrogens with one attached hydrogen (secondary N) is 3. The Labute approximate surface area is 167 Å². The summed E-state index contributed by atoms with van der Waals surface area (Å²) in [6.45, 7) is 0.523. The lowest BCUT2D eigenvalue weighted by molar-refractivity contribution is 0.103. The number of nitrogens with zero attached hydrogens (tertiary/aromatic N) is 2. The molecule has 2 aromatic heterocycles. The summed E-state index contributed by atoms with van der Waals surface area (Å²) in [7, 11) is 1.78. The van der Waals surface area contributed by atoms with Gasteiger partial charge in [0.25, 0.3) is 5.91 Å². The van der Waals surface area contributed by atoms with Gasteiger partial charge in [-0.3, -0.25) is 14.5 Å². The summed E-state index contributed by atoms with van der Waals surface area (Å²) in [4.78, 5) is 17.3. The van der Waals surface area contributed by atoms with Crippen LogP contribution in [0.15, 0.2) is 24.3 Å². The summed E-state index contributed by atoms with van der Waals surface area (Å²) in [6.07, 6.45) is 0.633. The SMILES string of the molecule is CN1SC2OCCC2(c2sc(C(=O)Nc3cccc(F)n3)cc2Cl)NC1=N. The predicted octanol–water partition coefficient (Wildman–Crippen LogP) is 3.25. The first-order valence-electron chi connectivity index (χ1n) is 8.01. The average molecular weight is 428 g/mol. The number of ether oxygens (including phenoxy) is 1. The van der Waals surface area contributed by atoms with Crippen molar-refractivity contribution in [1.29, 1.82) is 5.41 Å². The summed E-state index contributed by atoms with van der Waals surface area (Å²) in [6, 6.07) is 5.75. The summed E-state index contributed by atoms with van der Waals surface area (Å²) >= 11 is 9.10. The average Bonchev–Trinajstić information content (AvgIpc) is 3.19. The molecule has 0 bridgehead atoms. The number of carbonyl (C=O) groups excluding carboxylic acids is 1. The molecule has 2 saturated heterocycles. The Morgan fingerprint density at radius 2 is 2.41 bits per heavy atom. The first-order chi connectivity index (χ1) is 12.9. The van der Waals surface area contributed by atoms with Gasteiger partial charge in [-0.2, -0.15) is 4.39 Å². The van der Waals surface area contributed by atoms with E-state index in [1.54, 1.807) is 17.4 Å². The highest BCUT2D eigenvalue weighted by Crippen LogP contribution is 2.49. The van der Waals surface area contributed by atoms with Crippen molar-refractivity contribution in [3.63, 3.8) is 0 Å². The van der Waals surface area contributed by atoms with Crippen LogP contribution in [0.2, 0.25) is 5.02 Å². The number of halogens is 2. The molecule has 0 saturated carbocycles. The number of thiophene rings is 1. The van der Waals surface area contributed by atoms with Gasteiger partial charge in [0.15, 0.2) is 5.44 Å². The monoisotopic (exact) mass is 427 g/mol. The summed E-state index contributed by atoms with van der Waals surface area (Å²) < 4.78 is 20.7. The summed E-state index contributed by atoms with van der Waals surface area (Å²) in [5.74, 6) is -0.718. The lowest BCUT2D eigenvalue weighted by atomic mass is 9.96. The molecule has 7 nitrogen and oxygen atoms in total. The fourth-order valence-corrected chi connectivity index (χ4v) is 5.77. The van der Waals surface area contributed by atoms with E-state index >= 15 is 0 Å². The molecule has 2 aliphatic heterocycles. The molecular formula is C16H15ClFN5O2S2. The molecule has 3 N–H and O–H groups in total. The van der Waals surface area contributed by atoms with Crippen LogP contribution in [-0.2, 0) is 10.3 Å². The van der Waals surface area contributed by atoms with Crippen LogP contribution in [0.1, 0.15) is 21.0 Å². The zero-order valence-corrected chi connectivity index (χ0v) is 16.5. The molecule has 0 radical (unpaired) electrons. The van der Waals surface area contributed by atoms with Gasteiger partial charge in [0.05, 0.1) is 21.4 Å². The van der Waals surface area contributed by atoms with Crippen molar-refractivity contribution in [1.82, 2.24) is 14.6 Å². The second-order valence-electron chi connectivity index (χ2n) is 6.09. The van der Waals surface area contributed by atoms with Gasteiger partial charge >= 0.3 is 0 Å². The number of fused-ring (bicyclic) bond motifs is 1. The Morgan fingerprint density at radius 3 is 3.19 bits per heavy atom. The Hall–Kier alpha value is -1.88. The van der Waals surface area contributed by atoms with E-state index < -0.39 is 17.4 Å². The minimum atomic E-state index is -0.673. The Morgan fingerprint density at radius 1 is 1.59 bits per heavy atom. The van der Waals surface area contributed by atoms with Crippen LogP contribution in [0, 0.1) is 11.4 Å². The number of guanidine groups is 1. The van der Waals surface area contributed by atoms with E-state index in [1.807, 2.05) is 0 Å². The highest BCUT2D eigenvalue weighted by atomic mass is 35.5. The molecule has 4 rings (SSSR count). The van der Waals surface area contributed by atoms with E-state index in [0.717, 1.165) is 4.88 Å². The highest BCUT2D eigenvalue weighted by molar-refractivity contribution is 7.98. The molecule has 142 valence electrons. The van der Waals surface area contributed by atoms with E-state index in [2.05, 4.69) is 15.6 Å². The first kappa shape index (κ1) is 18.5. The van der Waals surface area contributed by atoms with Crippen LogP contribution in [0.5, 0.6) is 0 Å². The van der Waals surface area contributed by atoms with E-state index in [9.17, 15) is 9.18 Å². The number of aromatic nitrogens is 1. The van der Waals surface area contributed by atoms with E-state index in [0.29, 0.717) is 22.9 Å². The Kier molecular flexibility index (Phi) is 4.75. The van der Waals surface area contributed by atoms with Crippen molar-refractivity contribution in [3.8, 4) is 0 Å². The second kappa shape index (κ2) is 6.93. The zero-order chi connectivity index (χ0) is 19.2. The number of carbonyl (C=O) groups is 1. The number of rotatable bonds is 3. The van der Waals surface area contributed by atoms with E-state index in [1.165, 1.54) is 41.5 Å². The lowest BCUT2D eigenvalue weighted by Crippen LogP contribution is -2.57.